The number of nitrogens with one attached hydrogen (secondary N) is 2. The Hall–Kier alpha value is -3.40. The normalized spacial score (nSPS) is 10.9. The van der Waals surface area contributed by atoms with Crippen LogP contribution in [-0.2, 0) is 19.4 Å². The van der Waals surface area contributed by atoms with Gasteiger partial charge < -0.3 is 10.3 Å². The minimum absolute atomic E-state index is 0.0490. The van der Waals surface area contributed by atoms with Crippen LogP contribution in [0.1, 0.15) is 32.9 Å². The van der Waals surface area contributed by atoms with Crippen LogP contribution in [0.15, 0.2) is 72.8 Å². The Balaban J connectivity index is 1.34. The largest absolute Gasteiger partial charge is 0.348 e. The number of imidazole rings is 1. The van der Waals surface area contributed by atoms with Gasteiger partial charge in [-0.2, -0.15) is 0 Å². The number of carbonyl (C=O) groups excluding carboxylic acids is 1. The molecule has 0 saturated carbocycles. The Bertz CT molecular complexity index is 1060. The highest BCUT2D eigenvalue weighted by Crippen LogP contribution is 2.13. The second kappa shape index (κ2) is 8.09. The fraction of sp³-hybridized carbons (Fsp3) is 0.167. The van der Waals surface area contributed by atoms with Crippen LogP contribution in [-0.4, -0.2) is 15.9 Å². The van der Waals surface area contributed by atoms with Gasteiger partial charge in [-0.25, -0.2) is 4.98 Å². The van der Waals surface area contributed by atoms with Crippen LogP contribution in [0.25, 0.3) is 11.0 Å². The minimum atomic E-state index is -0.0490. The van der Waals surface area contributed by atoms with Crippen molar-refractivity contribution < 1.29 is 4.79 Å². The van der Waals surface area contributed by atoms with E-state index in [1.807, 2.05) is 66.7 Å². The summed E-state index contributed by atoms with van der Waals surface area (Å²) in [5, 5.41) is 2.99. The zero-order valence-corrected chi connectivity index (χ0v) is 15.9. The second-order valence-electron chi connectivity index (χ2n) is 7.01. The van der Waals surface area contributed by atoms with E-state index in [1.165, 1.54) is 11.1 Å². The Morgan fingerprint density at radius 1 is 0.929 bits per heavy atom. The van der Waals surface area contributed by atoms with Crippen molar-refractivity contribution in [2.24, 2.45) is 0 Å². The summed E-state index contributed by atoms with van der Waals surface area (Å²) in [4.78, 5) is 20.4. The number of para-hydroxylation sites is 2. The van der Waals surface area contributed by atoms with E-state index in [9.17, 15) is 4.79 Å². The number of aromatic nitrogens is 2. The maximum absolute atomic E-state index is 12.4. The molecule has 0 spiro atoms. The number of carbonyl (C=O) groups is 1. The number of H-pyrrole nitrogens is 1. The predicted octanol–water partition coefficient (Wildman–Crippen LogP) is 4.59. The molecule has 4 rings (SSSR count). The van der Waals surface area contributed by atoms with Crippen LogP contribution < -0.4 is 5.32 Å². The predicted molar refractivity (Wildman–Crippen MR) is 112 cm³/mol. The average molecular weight is 369 g/mol. The summed E-state index contributed by atoms with van der Waals surface area (Å²) in [6, 6.07) is 24.0. The summed E-state index contributed by atoms with van der Waals surface area (Å²) in [6.07, 6.45) is 1.72. The Morgan fingerprint density at radius 2 is 1.68 bits per heavy atom. The van der Waals surface area contributed by atoms with E-state index in [0.29, 0.717) is 12.1 Å². The van der Waals surface area contributed by atoms with Crippen molar-refractivity contribution in [1.82, 2.24) is 15.3 Å². The average Bonchev–Trinajstić information content (AvgIpc) is 3.15. The van der Waals surface area contributed by atoms with E-state index in [4.69, 9.17) is 0 Å². The molecular formula is C24H23N3O. The van der Waals surface area contributed by atoms with Gasteiger partial charge in [0.2, 0.25) is 0 Å². The van der Waals surface area contributed by atoms with Gasteiger partial charge in [0.15, 0.2) is 0 Å². The van der Waals surface area contributed by atoms with E-state index in [-0.39, 0.29) is 5.91 Å². The molecule has 0 atom stereocenters. The maximum atomic E-state index is 12.4. The standard InChI is InChI=1S/C24H23N3O/c1-17-6-2-3-7-20(17)16-25-24(28)19-13-10-18(11-14-19)12-15-23-26-21-8-4-5-9-22(21)27-23/h2-11,13-14H,12,15-16H2,1H3,(H,25,28)(H,26,27). The number of benzene rings is 3. The molecule has 0 fully saturated rings. The Labute approximate surface area is 164 Å². The first-order valence-corrected chi connectivity index (χ1v) is 9.54. The van der Waals surface area contributed by atoms with E-state index >= 15 is 0 Å². The lowest BCUT2D eigenvalue weighted by Gasteiger charge is -2.08. The lowest BCUT2D eigenvalue weighted by molar-refractivity contribution is 0.0951. The molecule has 1 heterocycles. The summed E-state index contributed by atoms with van der Waals surface area (Å²) in [7, 11) is 0. The lowest BCUT2D eigenvalue weighted by atomic mass is 10.1. The summed E-state index contributed by atoms with van der Waals surface area (Å²) < 4.78 is 0. The first-order chi connectivity index (χ1) is 13.7. The molecule has 4 heteroatoms. The maximum Gasteiger partial charge on any atom is 0.251 e. The quantitative estimate of drug-likeness (QED) is 0.522. The molecule has 1 amide bonds. The smallest absolute Gasteiger partial charge is 0.251 e. The van der Waals surface area contributed by atoms with Crippen LogP contribution in [0.2, 0.25) is 0 Å². The van der Waals surface area contributed by atoms with Gasteiger partial charge in [-0.1, -0.05) is 48.5 Å². The van der Waals surface area contributed by atoms with Gasteiger partial charge in [0, 0.05) is 18.5 Å². The summed E-state index contributed by atoms with van der Waals surface area (Å²) in [6.45, 7) is 2.59. The van der Waals surface area contributed by atoms with Gasteiger partial charge >= 0.3 is 0 Å². The number of fused-ring (bicyclic) bond motifs is 1. The molecule has 4 nitrogen and oxygen atoms in total. The van der Waals surface area contributed by atoms with E-state index < -0.39 is 0 Å². The molecule has 4 aromatic rings. The zero-order valence-electron chi connectivity index (χ0n) is 15.9. The van der Waals surface area contributed by atoms with Gasteiger partial charge in [-0.15, -0.1) is 0 Å². The van der Waals surface area contributed by atoms with Crippen molar-refractivity contribution in [2.75, 3.05) is 0 Å². The fourth-order valence-corrected chi connectivity index (χ4v) is 3.30. The number of rotatable bonds is 6. The monoisotopic (exact) mass is 369 g/mol. The van der Waals surface area contributed by atoms with Crippen LogP contribution in [0, 0.1) is 6.92 Å². The molecule has 2 N–H and O–H groups in total. The van der Waals surface area contributed by atoms with Crippen molar-refractivity contribution in [2.45, 2.75) is 26.3 Å². The molecule has 0 aliphatic heterocycles. The highest BCUT2D eigenvalue weighted by atomic mass is 16.1. The molecule has 28 heavy (non-hydrogen) atoms. The number of nitrogens with zero attached hydrogens (tertiary/aromatic N) is 1. The number of aromatic amines is 1. The van der Waals surface area contributed by atoms with Gasteiger partial charge in [-0.3, -0.25) is 4.79 Å². The molecule has 0 aliphatic carbocycles. The zero-order chi connectivity index (χ0) is 19.3. The van der Waals surface area contributed by atoms with Crippen LogP contribution in [0.4, 0.5) is 0 Å². The highest BCUT2D eigenvalue weighted by molar-refractivity contribution is 5.94. The number of hydrogen-bond donors (Lipinski definition) is 2. The number of hydrogen-bond acceptors (Lipinski definition) is 2. The van der Waals surface area contributed by atoms with Gasteiger partial charge in [0.25, 0.3) is 5.91 Å². The fourth-order valence-electron chi connectivity index (χ4n) is 3.30. The van der Waals surface area contributed by atoms with Gasteiger partial charge in [0.1, 0.15) is 5.82 Å². The molecule has 3 aromatic carbocycles. The van der Waals surface area contributed by atoms with E-state index in [1.54, 1.807) is 0 Å². The third-order valence-electron chi connectivity index (χ3n) is 5.01. The number of amides is 1. The van der Waals surface area contributed by atoms with Crippen molar-refractivity contribution in [1.29, 1.82) is 0 Å². The first kappa shape index (κ1) is 18.0. The summed E-state index contributed by atoms with van der Waals surface area (Å²) >= 11 is 0. The summed E-state index contributed by atoms with van der Waals surface area (Å²) in [5.41, 5.74) is 6.26. The van der Waals surface area contributed by atoms with Crippen molar-refractivity contribution >= 4 is 16.9 Å². The lowest BCUT2D eigenvalue weighted by Crippen LogP contribution is -2.23. The number of aryl methyl sites for hydroxylation is 3. The molecule has 0 unspecified atom stereocenters. The molecule has 140 valence electrons. The molecule has 0 radical (unpaired) electrons. The van der Waals surface area contributed by atoms with E-state index in [0.717, 1.165) is 35.3 Å². The van der Waals surface area contributed by atoms with Crippen LogP contribution >= 0.6 is 0 Å². The molecular weight excluding hydrogens is 346 g/mol. The minimum Gasteiger partial charge on any atom is -0.348 e. The van der Waals surface area contributed by atoms with Crippen molar-refractivity contribution in [3.8, 4) is 0 Å². The molecule has 0 saturated heterocycles. The molecule has 1 aromatic heterocycles. The SMILES string of the molecule is Cc1ccccc1CNC(=O)c1ccc(CCc2nc3ccccc3[nH]2)cc1. The Kier molecular flexibility index (Phi) is 5.20. The van der Waals surface area contributed by atoms with Crippen molar-refractivity contribution in [3.05, 3.63) is 101 Å². The molecule has 0 bridgehead atoms. The van der Waals surface area contributed by atoms with Crippen molar-refractivity contribution in [3.63, 3.8) is 0 Å². The molecule has 0 aliphatic rings. The summed E-state index contributed by atoms with van der Waals surface area (Å²) in [5.74, 6) is 0.938. The first-order valence-electron chi connectivity index (χ1n) is 9.54. The highest BCUT2D eigenvalue weighted by Gasteiger charge is 2.07. The van der Waals surface area contributed by atoms with Gasteiger partial charge in [-0.05, 0) is 54.3 Å². The Morgan fingerprint density at radius 3 is 2.46 bits per heavy atom. The van der Waals surface area contributed by atoms with Gasteiger partial charge in [0.05, 0.1) is 11.0 Å². The third-order valence-corrected chi connectivity index (χ3v) is 5.01. The topological polar surface area (TPSA) is 57.8 Å². The van der Waals surface area contributed by atoms with E-state index in [2.05, 4.69) is 28.3 Å². The van der Waals surface area contributed by atoms with Crippen LogP contribution in [0.3, 0.4) is 0 Å². The second-order valence-corrected chi connectivity index (χ2v) is 7.01. The van der Waals surface area contributed by atoms with Crippen LogP contribution in [0.5, 0.6) is 0 Å². The third kappa shape index (κ3) is 4.12.